The number of aryl methyl sites for hydroxylation is 4. The number of nitrogens with zero attached hydrogens (tertiary/aromatic N) is 5. The fourth-order valence-corrected chi connectivity index (χ4v) is 7.66. The Kier molecular flexibility index (Phi) is 11.6. The largest absolute Gasteiger partial charge is 0.483 e. The monoisotopic (exact) mass is 628 g/mol. The average molecular weight is 629 g/mol. The maximum absolute atomic E-state index is 8.36. The average Bonchev–Trinajstić information content (AvgIpc) is 3.45. The second-order valence-corrected chi connectivity index (χ2v) is 14.0. The van der Waals surface area contributed by atoms with Gasteiger partial charge >= 0.3 is 0 Å². The van der Waals surface area contributed by atoms with E-state index in [1.807, 2.05) is 0 Å². The third-order valence-corrected chi connectivity index (χ3v) is 10.7. The second kappa shape index (κ2) is 15.2. The first-order chi connectivity index (χ1) is 20.6. The molecule has 0 aliphatic heterocycles. The van der Waals surface area contributed by atoms with Gasteiger partial charge in [0.2, 0.25) is 11.8 Å². The number of aromatic nitrogens is 4. The zero-order chi connectivity index (χ0) is 31.1. The molecule has 0 saturated heterocycles. The normalized spacial score (nSPS) is 22.0. The lowest BCUT2D eigenvalue weighted by Gasteiger charge is -2.32. The van der Waals surface area contributed by atoms with Crippen LogP contribution in [0.2, 0.25) is 0 Å². The van der Waals surface area contributed by atoms with Crippen LogP contribution in [0.15, 0.2) is 12.7 Å². The van der Waals surface area contributed by atoms with Crippen molar-refractivity contribution < 1.29 is 19.4 Å². The smallest absolute Gasteiger partial charge is 0.290 e. The Morgan fingerprint density at radius 2 is 1.16 bits per heavy atom. The molecule has 0 spiro atoms. The first kappa shape index (κ1) is 33.0. The van der Waals surface area contributed by atoms with Crippen molar-refractivity contribution in [1.82, 2.24) is 24.8 Å². The SMILES string of the molecule is Cc1sc2ncnc(OC3CCC(N(C)C)CC3)c2c1C.Cc1sc2ncnc(OC3CCC(N)CC3)c2c1C.O=CO. The van der Waals surface area contributed by atoms with Gasteiger partial charge in [0.25, 0.3) is 6.47 Å². The molecule has 2 aliphatic rings. The minimum absolute atomic E-state index is 0.248. The van der Waals surface area contributed by atoms with Gasteiger partial charge in [-0.15, -0.1) is 22.7 Å². The van der Waals surface area contributed by atoms with E-state index in [1.165, 1.54) is 33.7 Å². The molecule has 234 valence electrons. The Labute approximate surface area is 261 Å². The fraction of sp³-hybridized carbons (Fsp3) is 0.581. The highest BCUT2D eigenvalue weighted by Gasteiger charge is 2.25. The molecule has 4 aromatic heterocycles. The van der Waals surface area contributed by atoms with E-state index in [-0.39, 0.29) is 12.6 Å². The lowest BCUT2D eigenvalue weighted by molar-refractivity contribution is -0.122. The first-order valence-corrected chi connectivity index (χ1v) is 16.5. The van der Waals surface area contributed by atoms with E-state index in [0.29, 0.717) is 18.2 Å². The molecule has 0 unspecified atom stereocenters. The second-order valence-electron chi connectivity index (χ2n) is 11.6. The molecule has 0 atom stereocenters. The summed E-state index contributed by atoms with van der Waals surface area (Å²) < 4.78 is 12.3. The minimum atomic E-state index is -0.250. The molecule has 0 bridgehead atoms. The highest BCUT2D eigenvalue weighted by Crippen LogP contribution is 2.36. The standard InChI is InChI=1S/C16H23N3OS.C14H19N3OS.CH2O2/c1-10-11(2)21-16-14(10)15(17-9-18-16)20-13-7-5-12(6-8-13)19(3)4;1-8-9(2)19-14-12(8)13(16-7-17-14)18-11-5-3-10(15)4-6-11;2-1-3/h9,12-13H,5-8H2,1-4H3;7,10-11H,3-6,15H2,1-2H3;1H,(H,2,3). The maximum atomic E-state index is 8.36. The van der Waals surface area contributed by atoms with Crippen molar-refractivity contribution >= 4 is 49.6 Å². The number of ether oxygens (including phenoxy) is 2. The van der Waals surface area contributed by atoms with E-state index >= 15 is 0 Å². The third kappa shape index (κ3) is 8.17. The summed E-state index contributed by atoms with van der Waals surface area (Å²) in [6, 6.07) is 1.04. The van der Waals surface area contributed by atoms with E-state index in [0.717, 1.165) is 70.7 Å². The first-order valence-electron chi connectivity index (χ1n) is 14.9. The topological polar surface area (TPSA) is 137 Å². The molecular formula is C31H44N6O4S2. The van der Waals surface area contributed by atoms with Crippen molar-refractivity contribution in [3.05, 3.63) is 33.5 Å². The van der Waals surface area contributed by atoms with Crippen LogP contribution < -0.4 is 15.2 Å². The molecule has 10 nitrogen and oxygen atoms in total. The molecule has 0 radical (unpaired) electrons. The molecule has 43 heavy (non-hydrogen) atoms. The van der Waals surface area contributed by atoms with Gasteiger partial charge in [-0.3, -0.25) is 4.79 Å². The van der Waals surface area contributed by atoms with Gasteiger partial charge in [-0.05, 0) is 104 Å². The van der Waals surface area contributed by atoms with Crippen molar-refractivity contribution in [2.24, 2.45) is 5.73 Å². The quantitative estimate of drug-likeness (QED) is 0.245. The van der Waals surface area contributed by atoms with Crippen LogP contribution in [-0.2, 0) is 4.79 Å². The van der Waals surface area contributed by atoms with Crippen LogP contribution in [-0.4, -0.2) is 74.8 Å². The Morgan fingerprint density at radius 1 is 0.767 bits per heavy atom. The minimum Gasteiger partial charge on any atom is -0.483 e. The number of rotatable bonds is 5. The predicted molar refractivity (Wildman–Crippen MR) is 174 cm³/mol. The van der Waals surface area contributed by atoms with Crippen LogP contribution in [0, 0.1) is 27.7 Å². The van der Waals surface area contributed by atoms with Crippen LogP contribution in [0.1, 0.15) is 72.2 Å². The van der Waals surface area contributed by atoms with E-state index < -0.39 is 0 Å². The number of nitrogens with two attached hydrogens (primary N) is 1. The summed E-state index contributed by atoms with van der Waals surface area (Å²) in [5.74, 6) is 1.52. The van der Waals surface area contributed by atoms with Gasteiger partial charge in [0.05, 0.1) is 10.8 Å². The van der Waals surface area contributed by atoms with Gasteiger partial charge in [-0.25, -0.2) is 19.9 Å². The summed E-state index contributed by atoms with van der Waals surface area (Å²) in [5, 5.41) is 9.08. The summed E-state index contributed by atoms with van der Waals surface area (Å²) in [4.78, 5) is 32.8. The van der Waals surface area contributed by atoms with E-state index in [2.05, 4.69) is 66.6 Å². The van der Waals surface area contributed by atoms with Crippen molar-refractivity contribution in [2.45, 2.75) is 103 Å². The summed E-state index contributed by atoms with van der Waals surface area (Å²) in [6.45, 7) is 8.24. The molecule has 4 aromatic rings. The summed E-state index contributed by atoms with van der Waals surface area (Å²) >= 11 is 3.43. The van der Waals surface area contributed by atoms with E-state index in [9.17, 15) is 0 Å². The van der Waals surface area contributed by atoms with Gasteiger partial charge in [-0.1, -0.05) is 0 Å². The van der Waals surface area contributed by atoms with Crippen molar-refractivity contribution in [2.75, 3.05) is 14.1 Å². The molecule has 2 aliphatic carbocycles. The number of hydrogen-bond donors (Lipinski definition) is 2. The van der Waals surface area contributed by atoms with Gasteiger partial charge in [0, 0.05) is 21.8 Å². The zero-order valence-corrected chi connectivity index (χ0v) is 27.6. The van der Waals surface area contributed by atoms with Crippen molar-refractivity contribution in [1.29, 1.82) is 0 Å². The maximum Gasteiger partial charge on any atom is 0.290 e. The molecule has 2 fully saturated rings. The van der Waals surface area contributed by atoms with Gasteiger partial charge in [0.1, 0.15) is 34.5 Å². The molecule has 12 heteroatoms. The Morgan fingerprint density at radius 3 is 1.56 bits per heavy atom. The molecule has 3 N–H and O–H groups in total. The van der Waals surface area contributed by atoms with Crippen LogP contribution in [0.25, 0.3) is 20.4 Å². The molecule has 6 rings (SSSR count). The molecule has 2 saturated carbocycles. The van der Waals surface area contributed by atoms with Crippen LogP contribution >= 0.6 is 22.7 Å². The van der Waals surface area contributed by atoms with Crippen molar-refractivity contribution in [3.63, 3.8) is 0 Å². The lowest BCUT2D eigenvalue weighted by Crippen LogP contribution is -2.35. The van der Waals surface area contributed by atoms with E-state index in [4.69, 9.17) is 25.1 Å². The molecule has 0 amide bonds. The van der Waals surface area contributed by atoms with Crippen LogP contribution in [0.5, 0.6) is 11.8 Å². The number of hydrogen-bond acceptors (Lipinski definition) is 11. The van der Waals surface area contributed by atoms with Crippen LogP contribution in [0.3, 0.4) is 0 Å². The van der Waals surface area contributed by atoms with Gasteiger partial charge in [0.15, 0.2) is 0 Å². The highest BCUT2D eigenvalue weighted by atomic mass is 32.1. The molecular weight excluding hydrogens is 585 g/mol. The van der Waals surface area contributed by atoms with Crippen LogP contribution in [0.4, 0.5) is 0 Å². The number of fused-ring (bicyclic) bond motifs is 2. The van der Waals surface area contributed by atoms with Gasteiger partial charge < -0.3 is 25.2 Å². The number of thiophene rings is 2. The number of carbonyl (C=O) groups is 1. The third-order valence-electron chi connectivity index (χ3n) is 8.51. The molecule has 4 heterocycles. The summed E-state index contributed by atoms with van der Waals surface area (Å²) in [6.07, 6.45) is 12.5. The Balaban J connectivity index is 0.000000181. The Bertz CT molecular complexity index is 1490. The predicted octanol–water partition coefficient (Wildman–Crippen LogP) is 6.22. The summed E-state index contributed by atoms with van der Waals surface area (Å²) in [5.41, 5.74) is 8.42. The highest BCUT2D eigenvalue weighted by molar-refractivity contribution is 7.19. The molecule has 0 aromatic carbocycles. The number of carboxylic acid groups (broad SMARTS) is 1. The lowest BCUT2D eigenvalue weighted by atomic mass is 9.92. The van der Waals surface area contributed by atoms with Crippen molar-refractivity contribution in [3.8, 4) is 11.8 Å². The zero-order valence-electron chi connectivity index (χ0n) is 26.0. The Hall–Kier alpha value is -2.93. The summed E-state index contributed by atoms with van der Waals surface area (Å²) in [7, 11) is 4.33. The van der Waals surface area contributed by atoms with E-state index in [1.54, 1.807) is 35.3 Å². The fourth-order valence-electron chi connectivity index (χ4n) is 5.68. The van der Waals surface area contributed by atoms with Gasteiger partial charge in [-0.2, -0.15) is 0 Å².